The van der Waals surface area contributed by atoms with E-state index >= 15 is 0 Å². The van der Waals surface area contributed by atoms with Crippen LogP contribution in [0.2, 0.25) is 0 Å². The molecule has 0 saturated heterocycles. The molecule has 0 N–H and O–H groups in total. The fourth-order valence-electron chi connectivity index (χ4n) is 1.14. The summed E-state index contributed by atoms with van der Waals surface area (Å²) in [6, 6.07) is 0. The summed E-state index contributed by atoms with van der Waals surface area (Å²) in [5.74, 6) is 5.55. The van der Waals surface area contributed by atoms with Crippen LogP contribution >= 0.6 is 0 Å². The molecule has 5 heteroatoms. The Balaban J connectivity index is 2.60. The number of nitrogens with zero attached hydrogens (tertiary/aromatic N) is 4. The van der Waals surface area contributed by atoms with Crippen molar-refractivity contribution in [2.75, 3.05) is 0 Å². The molecule has 0 spiro atoms. The maximum absolute atomic E-state index is 11.7. The standard InChI is InChI=1S/C9H8N4O/c1-2-3-4-12-5-6-13-7-10-11-8(13)9(12)14/h5-7H,4H2,1H3. The average molecular weight is 188 g/mol. The summed E-state index contributed by atoms with van der Waals surface area (Å²) in [5, 5.41) is 7.37. The third-order valence-electron chi connectivity index (χ3n) is 1.86. The van der Waals surface area contributed by atoms with Crippen LogP contribution in [0.4, 0.5) is 0 Å². The Bertz CT molecular complexity index is 569. The van der Waals surface area contributed by atoms with Crippen LogP contribution in [0.15, 0.2) is 23.5 Å². The van der Waals surface area contributed by atoms with Gasteiger partial charge in [0, 0.05) is 12.4 Å². The predicted molar refractivity (Wildman–Crippen MR) is 50.7 cm³/mol. The van der Waals surface area contributed by atoms with Gasteiger partial charge in [-0.15, -0.1) is 16.1 Å². The van der Waals surface area contributed by atoms with Gasteiger partial charge in [-0.25, -0.2) is 0 Å². The fourth-order valence-corrected chi connectivity index (χ4v) is 1.14. The van der Waals surface area contributed by atoms with E-state index in [0.29, 0.717) is 12.2 Å². The zero-order valence-electron chi connectivity index (χ0n) is 7.64. The van der Waals surface area contributed by atoms with Crippen molar-refractivity contribution in [3.8, 4) is 11.8 Å². The summed E-state index contributed by atoms with van der Waals surface area (Å²) in [6.07, 6.45) is 4.89. The van der Waals surface area contributed by atoms with Gasteiger partial charge in [-0.2, -0.15) is 0 Å². The lowest BCUT2D eigenvalue weighted by Crippen LogP contribution is -2.21. The highest BCUT2D eigenvalue weighted by molar-refractivity contribution is 5.32. The number of hydrogen-bond donors (Lipinski definition) is 0. The molecule has 0 amide bonds. The lowest BCUT2D eigenvalue weighted by molar-refractivity contribution is 0.784. The van der Waals surface area contributed by atoms with Crippen LogP contribution in [0.1, 0.15) is 6.92 Å². The Kier molecular flexibility index (Phi) is 2.03. The predicted octanol–water partition coefficient (Wildman–Crippen LogP) is -0.0857. The second-order valence-corrected chi connectivity index (χ2v) is 2.72. The second kappa shape index (κ2) is 3.34. The zero-order chi connectivity index (χ0) is 9.97. The van der Waals surface area contributed by atoms with Crippen LogP contribution in [0, 0.1) is 11.8 Å². The van der Waals surface area contributed by atoms with Crippen molar-refractivity contribution in [2.45, 2.75) is 13.5 Å². The van der Waals surface area contributed by atoms with Crippen LogP contribution in [0.3, 0.4) is 0 Å². The fraction of sp³-hybridized carbons (Fsp3) is 0.222. The van der Waals surface area contributed by atoms with Gasteiger partial charge in [0.1, 0.15) is 6.33 Å². The molecule has 0 radical (unpaired) electrons. The van der Waals surface area contributed by atoms with Crippen LogP contribution in [0.5, 0.6) is 0 Å². The minimum Gasteiger partial charge on any atom is -0.299 e. The van der Waals surface area contributed by atoms with Crippen molar-refractivity contribution in [2.24, 2.45) is 0 Å². The first-order chi connectivity index (χ1) is 6.83. The van der Waals surface area contributed by atoms with Crippen molar-refractivity contribution in [1.29, 1.82) is 0 Å². The topological polar surface area (TPSA) is 52.2 Å². The Hall–Kier alpha value is -2.09. The normalized spacial score (nSPS) is 9.79. The van der Waals surface area contributed by atoms with Gasteiger partial charge >= 0.3 is 0 Å². The van der Waals surface area contributed by atoms with Crippen LogP contribution in [-0.4, -0.2) is 19.2 Å². The summed E-state index contributed by atoms with van der Waals surface area (Å²) in [6.45, 7) is 2.12. The number of aromatic nitrogens is 4. The highest BCUT2D eigenvalue weighted by Crippen LogP contribution is 1.90. The molecule has 2 heterocycles. The maximum Gasteiger partial charge on any atom is 0.296 e. The summed E-state index contributed by atoms with van der Waals surface area (Å²) >= 11 is 0. The van der Waals surface area contributed by atoms with Crippen molar-refractivity contribution in [1.82, 2.24) is 19.2 Å². The number of rotatable bonds is 1. The molecule has 5 nitrogen and oxygen atoms in total. The van der Waals surface area contributed by atoms with E-state index in [2.05, 4.69) is 22.0 Å². The molecule has 0 fully saturated rings. The Morgan fingerprint density at radius 3 is 3.14 bits per heavy atom. The Morgan fingerprint density at radius 2 is 2.36 bits per heavy atom. The van der Waals surface area contributed by atoms with Crippen LogP contribution in [-0.2, 0) is 6.54 Å². The molecular formula is C9H8N4O. The maximum atomic E-state index is 11.7. The zero-order valence-corrected chi connectivity index (χ0v) is 7.64. The van der Waals surface area contributed by atoms with Gasteiger partial charge in [-0.05, 0) is 6.92 Å². The molecule has 0 bridgehead atoms. The molecule has 0 aliphatic rings. The van der Waals surface area contributed by atoms with E-state index in [1.165, 1.54) is 10.9 Å². The van der Waals surface area contributed by atoms with Gasteiger partial charge in [0.15, 0.2) is 0 Å². The molecule has 0 atom stereocenters. The van der Waals surface area contributed by atoms with Gasteiger partial charge in [0.25, 0.3) is 5.56 Å². The van der Waals surface area contributed by atoms with Crippen LogP contribution in [0.25, 0.3) is 5.65 Å². The van der Waals surface area contributed by atoms with E-state index in [1.54, 1.807) is 23.7 Å². The molecule has 14 heavy (non-hydrogen) atoms. The quantitative estimate of drug-likeness (QED) is 0.588. The summed E-state index contributed by atoms with van der Waals surface area (Å²) < 4.78 is 3.08. The number of fused-ring (bicyclic) bond motifs is 1. The first-order valence-electron chi connectivity index (χ1n) is 4.11. The first kappa shape index (κ1) is 8.51. The molecule has 0 saturated carbocycles. The van der Waals surface area contributed by atoms with E-state index in [9.17, 15) is 4.79 Å². The monoisotopic (exact) mass is 188 g/mol. The lowest BCUT2D eigenvalue weighted by Gasteiger charge is -1.99. The van der Waals surface area contributed by atoms with E-state index in [0.717, 1.165) is 0 Å². The highest BCUT2D eigenvalue weighted by Gasteiger charge is 2.02. The van der Waals surface area contributed by atoms with E-state index in [4.69, 9.17) is 0 Å². The molecule has 70 valence electrons. The second-order valence-electron chi connectivity index (χ2n) is 2.72. The molecule has 2 aromatic rings. The average Bonchev–Trinajstić information content (AvgIpc) is 2.66. The minimum atomic E-state index is -0.173. The molecule has 0 aromatic carbocycles. The SMILES string of the molecule is CC#CCn1ccn2cnnc2c1=O. The third-order valence-corrected chi connectivity index (χ3v) is 1.86. The highest BCUT2D eigenvalue weighted by atomic mass is 16.1. The number of hydrogen-bond acceptors (Lipinski definition) is 3. The van der Waals surface area contributed by atoms with Crippen LogP contribution < -0.4 is 5.56 Å². The molecular weight excluding hydrogens is 180 g/mol. The van der Waals surface area contributed by atoms with Crippen molar-refractivity contribution < 1.29 is 0 Å². The van der Waals surface area contributed by atoms with Crippen molar-refractivity contribution >= 4 is 5.65 Å². The summed E-state index contributed by atoms with van der Waals surface area (Å²) in [5.41, 5.74) is 0.151. The Morgan fingerprint density at radius 1 is 1.50 bits per heavy atom. The summed E-state index contributed by atoms with van der Waals surface area (Å²) in [4.78, 5) is 11.7. The van der Waals surface area contributed by atoms with E-state index in [1.807, 2.05) is 0 Å². The van der Waals surface area contributed by atoms with E-state index in [-0.39, 0.29) is 5.56 Å². The van der Waals surface area contributed by atoms with Gasteiger partial charge in [-0.3, -0.25) is 13.8 Å². The third kappa shape index (κ3) is 1.27. The van der Waals surface area contributed by atoms with Gasteiger partial charge < -0.3 is 0 Å². The van der Waals surface area contributed by atoms with Gasteiger partial charge in [0.05, 0.1) is 6.54 Å². The Labute approximate surface area is 80.0 Å². The van der Waals surface area contributed by atoms with E-state index < -0.39 is 0 Å². The molecule has 2 rings (SSSR count). The van der Waals surface area contributed by atoms with Gasteiger partial charge in [0.2, 0.25) is 5.65 Å². The van der Waals surface area contributed by atoms with Gasteiger partial charge in [-0.1, -0.05) is 5.92 Å². The summed E-state index contributed by atoms with van der Waals surface area (Å²) in [7, 11) is 0. The molecule has 0 aliphatic carbocycles. The molecule has 2 aromatic heterocycles. The largest absolute Gasteiger partial charge is 0.299 e. The smallest absolute Gasteiger partial charge is 0.296 e. The molecule has 0 aliphatic heterocycles. The van der Waals surface area contributed by atoms with Crippen molar-refractivity contribution in [3.05, 3.63) is 29.1 Å². The minimum absolute atomic E-state index is 0.173. The molecule has 0 unspecified atom stereocenters. The van der Waals surface area contributed by atoms with Crippen molar-refractivity contribution in [3.63, 3.8) is 0 Å². The lowest BCUT2D eigenvalue weighted by atomic mass is 10.5. The first-order valence-corrected chi connectivity index (χ1v) is 4.11.